The summed E-state index contributed by atoms with van der Waals surface area (Å²) in [6, 6.07) is 1.92. The number of hydrogen-bond donors (Lipinski definition) is 0. The SMILES string of the molecule is CCOC(=O)Cc1cc(F)nc(C(F)F)c1. The van der Waals surface area contributed by atoms with E-state index in [-0.39, 0.29) is 18.6 Å². The van der Waals surface area contributed by atoms with E-state index in [0.717, 1.165) is 12.1 Å². The van der Waals surface area contributed by atoms with Crippen LogP contribution in [-0.2, 0) is 16.0 Å². The molecule has 16 heavy (non-hydrogen) atoms. The van der Waals surface area contributed by atoms with Gasteiger partial charge in [0.15, 0.2) is 0 Å². The van der Waals surface area contributed by atoms with Gasteiger partial charge in [0.25, 0.3) is 6.43 Å². The molecular weight excluding hydrogens is 223 g/mol. The summed E-state index contributed by atoms with van der Waals surface area (Å²) < 4.78 is 42.0. The first-order chi connectivity index (χ1) is 7.52. The lowest BCUT2D eigenvalue weighted by Gasteiger charge is -2.04. The zero-order valence-electron chi connectivity index (χ0n) is 8.54. The molecule has 0 fully saturated rings. The second-order valence-corrected chi connectivity index (χ2v) is 3.01. The van der Waals surface area contributed by atoms with Gasteiger partial charge in [0.1, 0.15) is 5.69 Å². The van der Waals surface area contributed by atoms with Gasteiger partial charge in [-0.1, -0.05) is 0 Å². The van der Waals surface area contributed by atoms with Gasteiger partial charge >= 0.3 is 5.97 Å². The van der Waals surface area contributed by atoms with E-state index in [2.05, 4.69) is 9.72 Å². The van der Waals surface area contributed by atoms with Crippen LogP contribution in [0.2, 0.25) is 0 Å². The van der Waals surface area contributed by atoms with Gasteiger partial charge in [0, 0.05) is 0 Å². The van der Waals surface area contributed by atoms with E-state index >= 15 is 0 Å². The zero-order chi connectivity index (χ0) is 12.1. The van der Waals surface area contributed by atoms with Crippen LogP contribution >= 0.6 is 0 Å². The number of rotatable bonds is 4. The topological polar surface area (TPSA) is 39.2 Å². The molecule has 1 aromatic rings. The Labute approximate surface area is 90.2 Å². The highest BCUT2D eigenvalue weighted by Gasteiger charge is 2.13. The molecule has 88 valence electrons. The van der Waals surface area contributed by atoms with E-state index in [9.17, 15) is 18.0 Å². The maximum Gasteiger partial charge on any atom is 0.310 e. The summed E-state index contributed by atoms with van der Waals surface area (Å²) in [7, 11) is 0. The molecule has 0 aliphatic heterocycles. The molecule has 1 rings (SSSR count). The van der Waals surface area contributed by atoms with Gasteiger partial charge in [-0.25, -0.2) is 13.8 Å². The maximum absolute atomic E-state index is 12.8. The van der Waals surface area contributed by atoms with Crippen molar-refractivity contribution in [3.05, 3.63) is 29.3 Å². The Morgan fingerprint density at radius 2 is 2.19 bits per heavy atom. The number of ether oxygens (including phenoxy) is 1. The van der Waals surface area contributed by atoms with Crippen LogP contribution in [0.1, 0.15) is 24.6 Å². The first-order valence-electron chi connectivity index (χ1n) is 4.63. The Bertz CT molecular complexity index is 382. The molecule has 1 heterocycles. The van der Waals surface area contributed by atoms with Crippen molar-refractivity contribution in [2.45, 2.75) is 19.8 Å². The Morgan fingerprint density at radius 1 is 1.50 bits per heavy atom. The van der Waals surface area contributed by atoms with Gasteiger partial charge in [-0.2, -0.15) is 4.39 Å². The number of nitrogens with zero attached hydrogens (tertiary/aromatic N) is 1. The molecule has 0 N–H and O–H groups in total. The summed E-state index contributed by atoms with van der Waals surface area (Å²) in [5, 5.41) is 0. The number of hydrogen-bond acceptors (Lipinski definition) is 3. The fourth-order valence-corrected chi connectivity index (χ4v) is 1.17. The number of carbonyl (C=O) groups excluding carboxylic acids is 1. The van der Waals surface area contributed by atoms with Gasteiger partial charge in [-0.15, -0.1) is 0 Å². The van der Waals surface area contributed by atoms with Crippen molar-refractivity contribution in [1.82, 2.24) is 4.98 Å². The number of halogens is 3. The summed E-state index contributed by atoms with van der Waals surface area (Å²) in [6.45, 7) is 1.81. The third kappa shape index (κ3) is 3.52. The summed E-state index contributed by atoms with van der Waals surface area (Å²) in [5.41, 5.74) is -0.555. The molecule has 0 aliphatic rings. The number of alkyl halides is 2. The minimum absolute atomic E-state index is 0.126. The van der Waals surface area contributed by atoms with E-state index in [4.69, 9.17) is 0 Å². The van der Waals surface area contributed by atoms with Crippen molar-refractivity contribution in [3.63, 3.8) is 0 Å². The number of pyridine rings is 1. The fourth-order valence-electron chi connectivity index (χ4n) is 1.17. The third-order valence-electron chi connectivity index (χ3n) is 1.75. The van der Waals surface area contributed by atoms with Gasteiger partial charge < -0.3 is 4.74 Å². The molecule has 3 nitrogen and oxygen atoms in total. The van der Waals surface area contributed by atoms with Gasteiger partial charge in [0.05, 0.1) is 13.0 Å². The van der Waals surface area contributed by atoms with Gasteiger partial charge in [0.2, 0.25) is 5.95 Å². The number of carbonyl (C=O) groups is 1. The minimum atomic E-state index is -2.86. The quantitative estimate of drug-likeness (QED) is 0.591. The first-order valence-corrected chi connectivity index (χ1v) is 4.63. The van der Waals surface area contributed by atoms with E-state index in [1.165, 1.54) is 0 Å². The summed E-state index contributed by atoms with van der Waals surface area (Å²) in [6.07, 6.45) is -3.11. The van der Waals surface area contributed by atoms with E-state index in [1.54, 1.807) is 6.92 Å². The van der Waals surface area contributed by atoms with E-state index in [0.29, 0.717) is 0 Å². The summed E-state index contributed by atoms with van der Waals surface area (Å²) >= 11 is 0. The highest BCUT2D eigenvalue weighted by Crippen LogP contribution is 2.18. The normalized spacial score (nSPS) is 10.6. The summed E-state index contributed by atoms with van der Waals surface area (Å²) in [4.78, 5) is 14.1. The second kappa shape index (κ2) is 5.48. The highest BCUT2D eigenvalue weighted by molar-refractivity contribution is 5.72. The van der Waals surface area contributed by atoms with Crippen LogP contribution in [0, 0.1) is 5.95 Å². The number of aromatic nitrogens is 1. The Kier molecular flexibility index (Phi) is 4.28. The lowest BCUT2D eigenvalue weighted by molar-refractivity contribution is -0.142. The van der Waals surface area contributed by atoms with Gasteiger partial charge in [-0.3, -0.25) is 4.79 Å². The molecule has 0 unspecified atom stereocenters. The lowest BCUT2D eigenvalue weighted by atomic mass is 10.1. The molecule has 0 radical (unpaired) electrons. The highest BCUT2D eigenvalue weighted by atomic mass is 19.3. The summed E-state index contributed by atoms with van der Waals surface area (Å²) in [5.74, 6) is -1.62. The van der Waals surface area contributed by atoms with Crippen LogP contribution in [-0.4, -0.2) is 17.6 Å². The largest absolute Gasteiger partial charge is 0.466 e. The predicted molar refractivity (Wildman–Crippen MR) is 49.5 cm³/mol. The smallest absolute Gasteiger partial charge is 0.310 e. The molecule has 0 saturated carbocycles. The molecule has 0 saturated heterocycles. The number of esters is 1. The van der Waals surface area contributed by atoms with Crippen molar-refractivity contribution >= 4 is 5.97 Å². The van der Waals surface area contributed by atoms with E-state index < -0.39 is 24.0 Å². The second-order valence-electron chi connectivity index (χ2n) is 3.01. The van der Waals surface area contributed by atoms with Crippen LogP contribution in [0.25, 0.3) is 0 Å². The van der Waals surface area contributed by atoms with Crippen molar-refractivity contribution < 1.29 is 22.7 Å². The average molecular weight is 233 g/mol. The van der Waals surface area contributed by atoms with Crippen molar-refractivity contribution in [2.24, 2.45) is 0 Å². The fraction of sp³-hybridized carbons (Fsp3) is 0.400. The van der Waals surface area contributed by atoms with Crippen LogP contribution in [0.3, 0.4) is 0 Å². The molecular formula is C10H10F3NO2. The zero-order valence-corrected chi connectivity index (χ0v) is 8.54. The van der Waals surface area contributed by atoms with Crippen molar-refractivity contribution in [2.75, 3.05) is 6.61 Å². The molecule has 0 bridgehead atoms. The standard InChI is InChI=1S/C10H10F3NO2/c1-2-16-9(15)5-6-3-7(10(12)13)14-8(11)4-6/h3-4,10H,2,5H2,1H3. The predicted octanol–water partition coefficient (Wildman–Crippen LogP) is 2.26. The monoisotopic (exact) mass is 233 g/mol. The van der Waals surface area contributed by atoms with Crippen LogP contribution in [0.4, 0.5) is 13.2 Å². The first kappa shape index (κ1) is 12.5. The Balaban J connectivity index is 2.84. The van der Waals surface area contributed by atoms with Crippen molar-refractivity contribution in [3.8, 4) is 0 Å². The average Bonchev–Trinajstić information content (AvgIpc) is 2.16. The van der Waals surface area contributed by atoms with Gasteiger partial charge in [-0.05, 0) is 24.6 Å². The molecule has 0 aliphatic carbocycles. The third-order valence-corrected chi connectivity index (χ3v) is 1.75. The lowest BCUT2D eigenvalue weighted by Crippen LogP contribution is -2.08. The minimum Gasteiger partial charge on any atom is -0.466 e. The Morgan fingerprint density at radius 3 is 2.75 bits per heavy atom. The Hall–Kier alpha value is -1.59. The molecule has 0 amide bonds. The van der Waals surface area contributed by atoms with Crippen LogP contribution in [0.15, 0.2) is 12.1 Å². The van der Waals surface area contributed by atoms with Crippen LogP contribution in [0.5, 0.6) is 0 Å². The van der Waals surface area contributed by atoms with E-state index in [1.807, 2.05) is 0 Å². The molecule has 0 spiro atoms. The molecule has 0 aromatic carbocycles. The molecule has 1 aromatic heterocycles. The molecule has 0 atom stereocenters. The van der Waals surface area contributed by atoms with Crippen molar-refractivity contribution in [1.29, 1.82) is 0 Å². The maximum atomic E-state index is 12.8. The molecule has 6 heteroatoms. The van der Waals surface area contributed by atoms with Crippen LogP contribution < -0.4 is 0 Å².